The highest BCUT2D eigenvalue weighted by molar-refractivity contribution is 8.15. The lowest BCUT2D eigenvalue weighted by Gasteiger charge is -2.09. The summed E-state index contributed by atoms with van der Waals surface area (Å²) in [7, 11) is 4.54. The van der Waals surface area contributed by atoms with Gasteiger partial charge < -0.3 is 10.1 Å². The van der Waals surface area contributed by atoms with Crippen molar-refractivity contribution in [1.82, 2.24) is 4.90 Å². The molecule has 1 atom stereocenters. The van der Waals surface area contributed by atoms with E-state index in [4.69, 9.17) is 4.74 Å². The van der Waals surface area contributed by atoms with Crippen molar-refractivity contribution in [2.75, 3.05) is 26.5 Å². The Morgan fingerprint density at radius 1 is 1.38 bits per heavy atom. The lowest BCUT2D eigenvalue weighted by atomic mass is 10.1. The fourth-order valence-corrected chi connectivity index (χ4v) is 4.47. The summed E-state index contributed by atoms with van der Waals surface area (Å²) in [5, 5.41) is 3.28. The Labute approximate surface area is 148 Å². The van der Waals surface area contributed by atoms with Crippen molar-refractivity contribution < 1.29 is 19.1 Å². The number of hydrogen-bond acceptors (Lipinski definition) is 7. The van der Waals surface area contributed by atoms with E-state index in [1.54, 1.807) is 14.1 Å². The highest BCUT2D eigenvalue weighted by Crippen LogP contribution is 2.34. The third-order valence-corrected chi connectivity index (χ3v) is 6.17. The third kappa shape index (κ3) is 3.46. The average molecular weight is 369 g/mol. The monoisotopic (exact) mass is 369 g/mol. The zero-order chi connectivity index (χ0) is 18.0. The Hall–Kier alpha value is -1.87. The smallest absolute Gasteiger partial charge is 0.341 e. The lowest BCUT2D eigenvalue weighted by molar-refractivity contribution is -0.127. The van der Waals surface area contributed by atoms with E-state index in [1.807, 2.05) is 13.8 Å². The third-order valence-electron chi connectivity index (χ3n) is 3.73. The summed E-state index contributed by atoms with van der Waals surface area (Å²) in [6.07, 6.45) is 0.0173. The number of carbonyl (C=O) groups excluding carboxylic acids is 3. The second-order valence-corrected chi connectivity index (χ2v) is 7.64. The minimum Gasteiger partial charge on any atom is -0.465 e. The van der Waals surface area contributed by atoms with Crippen LogP contribution in [-0.4, -0.2) is 54.3 Å². The summed E-state index contributed by atoms with van der Waals surface area (Å²) in [6.45, 7) is 3.68. The van der Waals surface area contributed by atoms with E-state index >= 15 is 0 Å². The van der Waals surface area contributed by atoms with Gasteiger partial charge in [0.1, 0.15) is 10.3 Å². The minimum absolute atomic E-state index is 0.0173. The molecule has 1 saturated heterocycles. The Morgan fingerprint density at radius 3 is 2.58 bits per heavy atom. The van der Waals surface area contributed by atoms with Crippen molar-refractivity contribution in [3.05, 3.63) is 16.0 Å². The lowest BCUT2D eigenvalue weighted by Crippen LogP contribution is -2.30. The zero-order valence-corrected chi connectivity index (χ0v) is 15.8. The number of anilines is 1. The van der Waals surface area contributed by atoms with Gasteiger partial charge in [0.15, 0.2) is 5.17 Å². The van der Waals surface area contributed by atoms with E-state index in [1.165, 1.54) is 35.1 Å². The molecule has 7 nitrogen and oxygen atoms in total. The van der Waals surface area contributed by atoms with Gasteiger partial charge in [0.05, 0.1) is 12.7 Å². The van der Waals surface area contributed by atoms with Crippen LogP contribution >= 0.6 is 23.1 Å². The number of rotatable bonds is 4. The molecule has 1 aromatic rings. The molecule has 0 radical (unpaired) electrons. The number of amides is 2. The fraction of sp³-hybridized carbons (Fsp3) is 0.467. The molecule has 0 spiro atoms. The van der Waals surface area contributed by atoms with Gasteiger partial charge in [-0.1, -0.05) is 11.8 Å². The molecule has 2 heterocycles. The van der Waals surface area contributed by atoms with E-state index in [2.05, 4.69) is 10.3 Å². The maximum absolute atomic E-state index is 12.3. The normalized spacial score (nSPS) is 19.0. The summed E-state index contributed by atoms with van der Waals surface area (Å²) in [4.78, 5) is 42.7. The van der Waals surface area contributed by atoms with Crippen LogP contribution in [0.25, 0.3) is 0 Å². The molecular weight excluding hydrogens is 350 g/mol. The van der Waals surface area contributed by atoms with Crippen molar-refractivity contribution >= 4 is 51.1 Å². The molecule has 130 valence electrons. The number of thiophene rings is 1. The number of nitrogens with zero attached hydrogens (tertiary/aromatic N) is 2. The summed E-state index contributed by atoms with van der Waals surface area (Å²) >= 11 is 2.59. The number of aliphatic imine (C=N–C) groups is 1. The molecule has 1 N–H and O–H groups in total. The molecule has 0 aromatic carbocycles. The van der Waals surface area contributed by atoms with Crippen LogP contribution in [0.4, 0.5) is 5.00 Å². The van der Waals surface area contributed by atoms with Crippen LogP contribution in [-0.2, 0) is 14.3 Å². The van der Waals surface area contributed by atoms with Crippen LogP contribution in [0.1, 0.15) is 27.2 Å². The van der Waals surface area contributed by atoms with Gasteiger partial charge in [-0.15, -0.1) is 11.3 Å². The number of nitrogens with one attached hydrogen (secondary N) is 1. The van der Waals surface area contributed by atoms with E-state index in [0.717, 1.165) is 10.4 Å². The first-order valence-corrected chi connectivity index (χ1v) is 8.88. The predicted octanol–water partition coefficient (Wildman–Crippen LogP) is 2.04. The number of carbonyl (C=O) groups is 3. The molecule has 0 bridgehead atoms. The largest absolute Gasteiger partial charge is 0.465 e. The number of hydrogen-bond donors (Lipinski definition) is 1. The highest BCUT2D eigenvalue weighted by atomic mass is 32.2. The molecule has 0 aliphatic carbocycles. The van der Waals surface area contributed by atoms with Gasteiger partial charge in [0, 0.05) is 25.4 Å². The number of methoxy groups -OCH3 is 1. The molecule has 2 rings (SSSR count). The van der Waals surface area contributed by atoms with Gasteiger partial charge in [0.2, 0.25) is 11.8 Å². The van der Waals surface area contributed by atoms with Crippen LogP contribution in [0.5, 0.6) is 0 Å². The topological polar surface area (TPSA) is 88.1 Å². The Bertz CT molecular complexity index is 727. The number of esters is 1. The van der Waals surface area contributed by atoms with Crippen molar-refractivity contribution in [2.24, 2.45) is 4.99 Å². The molecule has 1 aliphatic rings. The van der Waals surface area contributed by atoms with Crippen molar-refractivity contribution in [3.8, 4) is 0 Å². The number of aryl methyl sites for hydroxylation is 1. The van der Waals surface area contributed by atoms with Crippen LogP contribution < -0.4 is 5.32 Å². The van der Waals surface area contributed by atoms with Gasteiger partial charge >= 0.3 is 5.97 Å². The molecule has 2 amide bonds. The first-order valence-electron chi connectivity index (χ1n) is 7.19. The maximum atomic E-state index is 12.3. The molecule has 9 heteroatoms. The van der Waals surface area contributed by atoms with E-state index < -0.39 is 11.2 Å². The Morgan fingerprint density at radius 2 is 2.04 bits per heavy atom. The number of thioether (sulfide) groups is 1. The predicted molar refractivity (Wildman–Crippen MR) is 95.9 cm³/mol. The molecular formula is C15H19N3O4S2. The van der Waals surface area contributed by atoms with Gasteiger partial charge in [-0.05, 0) is 19.4 Å². The minimum atomic E-state index is -0.502. The van der Waals surface area contributed by atoms with Gasteiger partial charge in [-0.3, -0.25) is 19.5 Å². The Kier molecular flexibility index (Phi) is 5.66. The molecule has 1 aliphatic heterocycles. The van der Waals surface area contributed by atoms with Crippen LogP contribution in [0.3, 0.4) is 0 Å². The zero-order valence-electron chi connectivity index (χ0n) is 14.1. The van der Waals surface area contributed by atoms with E-state index in [9.17, 15) is 14.4 Å². The number of ether oxygens (including phenoxy) is 1. The first kappa shape index (κ1) is 18.5. The second kappa shape index (κ2) is 7.35. The van der Waals surface area contributed by atoms with Crippen LogP contribution in [0.2, 0.25) is 0 Å². The van der Waals surface area contributed by atoms with Crippen LogP contribution in [0, 0.1) is 13.8 Å². The highest BCUT2D eigenvalue weighted by Gasteiger charge is 2.36. The van der Waals surface area contributed by atoms with Crippen molar-refractivity contribution in [3.63, 3.8) is 0 Å². The standard InChI is InChI=1S/C15H19N3O4S2/c1-7-8(2)23-12(11(7)14(21)22-5)17-10(19)6-9-13(20)18(4)15(16-3)24-9/h9H,6H2,1-5H3,(H,17,19)/t9-/m0/s1. The first-order chi connectivity index (χ1) is 11.3. The molecule has 0 unspecified atom stereocenters. The summed E-state index contributed by atoms with van der Waals surface area (Å²) in [5.74, 6) is -0.959. The molecule has 1 fully saturated rings. The quantitative estimate of drug-likeness (QED) is 0.821. The number of amidine groups is 1. The SMILES string of the molecule is CN=C1S[C@@H](CC(=O)Nc2sc(C)c(C)c2C(=O)OC)C(=O)N1C. The summed E-state index contributed by atoms with van der Waals surface area (Å²) in [5.41, 5.74) is 1.15. The summed E-state index contributed by atoms with van der Waals surface area (Å²) in [6, 6.07) is 0. The average Bonchev–Trinajstić information content (AvgIpc) is 2.97. The summed E-state index contributed by atoms with van der Waals surface area (Å²) < 4.78 is 4.78. The van der Waals surface area contributed by atoms with Crippen molar-refractivity contribution in [1.29, 1.82) is 0 Å². The van der Waals surface area contributed by atoms with Crippen LogP contribution in [0.15, 0.2) is 4.99 Å². The Balaban J connectivity index is 2.13. The molecule has 0 saturated carbocycles. The van der Waals surface area contributed by atoms with Gasteiger partial charge in [0.25, 0.3) is 0 Å². The van der Waals surface area contributed by atoms with Gasteiger partial charge in [-0.2, -0.15) is 0 Å². The fourth-order valence-electron chi connectivity index (χ4n) is 2.31. The van der Waals surface area contributed by atoms with E-state index in [0.29, 0.717) is 15.7 Å². The molecule has 24 heavy (non-hydrogen) atoms. The van der Waals surface area contributed by atoms with Gasteiger partial charge in [-0.25, -0.2) is 4.79 Å². The second-order valence-electron chi connectivity index (χ2n) is 5.24. The molecule has 1 aromatic heterocycles. The maximum Gasteiger partial charge on any atom is 0.341 e. The van der Waals surface area contributed by atoms with E-state index in [-0.39, 0.29) is 18.2 Å². The van der Waals surface area contributed by atoms with Crippen molar-refractivity contribution in [2.45, 2.75) is 25.5 Å².